The van der Waals surface area contributed by atoms with Crippen LogP contribution in [0, 0.1) is 0 Å². The Bertz CT molecular complexity index is 531. The number of hydrogen-bond donors (Lipinski definition) is 1. The molecule has 0 aliphatic carbocycles. The second kappa shape index (κ2) is 8.26. The Morgan fingerprint density at radius 2 is 1.86 bits per heavy atom. The molecule has 6 nitrogen and oxygen atoms in total. The summed E-state index contributed by atoms with van der Waals surface area (Å²) < 4.78 is 10.5. The first kappa shape index (κ1) is 17.8. The molecule has 1 N–H and O–H groups in total. The van der Waals surface area contributed by atoms with Gasteiger partial charge in [0.05, 0.1) is 14.2 Å². The van der Waals surface area contributed by atoms with Crippen molar-refractivity contribution in [1.29, 1.82) is 0 Å². The summed E-state index contributed by atoms with van der Waals surface area (Å²) in [6.07, 6.45) is 0. The third-order valence-corrected chi connectivity index (χ3v) is 3.30. The van der Waals surface area contributed by atoms with Crippen LogP contribution in [0.1, 0.15) is 26.3 Å². The number of nitrogens with zero attached hydrogens (tertiary/aromatic N) is 1. The van der Waals surface area contributed by atoms with E-state index in [0.717, 1.165) is 5.56 Å². The fraction of sp³-hybridized carbons (Fsp3) is 0.500. The van der Waals surface area contributed by atoms with Crippen LogP contribution in [-0.2, 0) is 16.1 Å². The number of carbonyl (C=O) groups is 2. The summed E-state index contributed by atoms with van der Waals surface area (Å²) in [5.74, 6) is 0.932. The molecule has 122 valence electrons. The van der Waals surface area contributed by atoms with Crippen molar-refractivity contribution in [3.63, 3.8) is 0 Å². The molecule has 0 saturated heterocycles. The van der Waals surface area contributed by atoms with Crippen LogP contribution in [0.4, 0.5) is 0 Å². The largest absolute Gasteiger partial charge is 0.493 e. The van der Waals surface area contributed by atoms with E-state index >= 15 is 0 Å². The summed E-state index contributed by atoms with van der Waals surface area (Å²) in [5.41, 5.74) is 0.933. The molecule has 0 saturated carbocycles. The number of ether oxygens (including phenoxy) is 2. The maximum Gasteiger partial charge on any atom is 0.245 e. The van der Waals surface area contributed by atoms with Gasteiger partial charge in [0, 0.05) is 20.0 Å². The maximum atomic E-state index is 12.3. The van der Waals surface area contributed by atoms with Gasteiger partial charge in [-0.25, -0.2) is 0 Å². The lowest BCUT2D eigenvalue weighted by Crippen LogP contribution is -2.46. The van der Waals surface area contributed by atoms with Crippen LogP contribution in [0.25, 0.3) is 0 Å². The Morgan fingerprint density at radius 1 is 1.23 bits per heavy atom. The van der Waals surface area contributed by atoms with Crippen molar-refractivity contribution in [2.45, 2.75) is 33.4 Å². The Hall–Kier alpha value is -2.24. The third kappa shape index (κ3) is 4.65. The van der Waals surface area contributed by atoms with Gasteiger partial charge in [0.25, 0.3) is 0 Å². The SMILES string of the molecule is CCN(Cc1ccc(OC)c(OC)c1)C(=O)C(C)NC(C)=O. The third-order valence-electron chi connectivity index (χ3n) is 3.30. The molecule has 0 aliphatic rings. The molecule has 0 radical (unpaired) electrons. The molecule has 1 aromatic carbocycles. The van der Waals surface area contributed by atoms with Crippen molar-refractivity contribution < 1.29 is 19.1 Å². The second-order valence-corrected chi connectivity index (χ2v) is 4.96. The van der Waals surface area contributed by atoms with E-state index in [1.165, 1.54) is 6.92 Å². The average molecular weight is 308 g/mol. The van der Waals surface area contributed by atoms with Crippen LogP contribution in [0.2, 0.25) is 0 Å². The molecule has 0 aliphatic heterocycles. The number of likely N-dealkylation sites (N-methyl/N-ethyl adjacent to an activating group) is 1. The van der Waals surface area contributed by atoms with E-state index in [2.05, 4.69) is 5.32 Å². The highest BCUT2D eigenvalue weighted by Crippen LogP contribution is 2.28. The number of nitrogens with one attached hydrogen (secondary N) is 1. The van der Waals surface area contributed by atoms with Crippen molar-refractivity contribution in [1.82, 2.24) is 10.2 Å². The van der Waals surface area contributed by atoms with Gasteiger partial charge in [-0.05, 0) is 31.5 Å². The summed E-state index contributed by atoms with van der Waals surface area (Å²) in [5, 5.41) is 2.61. The van der Waals surface area contributed by atoms with E-state index in [1.54, 1.807) is 26.0 Å². The van der Waals surface area contributed by atoms with E-state index in [0.29, 0.717) is 24.6 Å². The van der Waals surface area contributed by atoms with Crippen LogP contribution in [0.15, 0.2) is 18.2 Å². The number of methoxy groups -OCH3 is 2. The molecule has 0 aromatic heterocycles. The maximum absolute atomic E-state index is 12.3. The molecule has 6 heteroatoms. The summed E-state index contributed by atoms with van der Waals surface area (Å²) in [4.78, 5) is 25.1. The van der Waals surface area contributed by atoms with Crippen LogP contribution < -0.4 is 14.8 Å². The number of amides is 2. The minimum atomic E-state index is -0.544. The minimum Gasteiger partial charge on any atom is -0.493 e. The zero-order chi connectivity index (χ0) is 16.7. The molecule has 0 spiro atoms. The fourth-order valence-corrected chi connectivity index (χ4v) is 2.19. The normalized spacial score (nSPS) is 11.5. The van der Waals surface area contributed by atoms with Crippen LogP contribution >= 0.6 is 0 Å². The topological polar surface area (TPSA) is 67.9 Å². The monoisotopic (exact) mass is 308 g/mol. The molecule has 2 amide bonds. The van der Waals surface area contributed by atoms with Gasteiger partial charge in [0.15, 0.2) is 11.5 Å². The molecule has 1 aromatic rings. The Labute approximate surface area is 131 Å². The van der Waals surface area contributed by atoms with Gasteiger partial charge in [-0.3, -0.25) is 9.59 Å². The van der Waals surface area contributed by atoms with Gasteiger partial charge in [0.2, 0.25) is 11.8 Å². The van der Waals surface area contributed by atoms with Gasteiger partial charge >= 0.3 is 0 Å². The predicted molar refractivity (Wildman–Crippen MR) is 83.9 cm³/mol. The summed E-state index contributed by atoms with van der Waals surface area (Å²) in [6, 6.07) is 5.00. The zero-order valence-electron chi connectivity index (χ0n) is 13.8. The lowest BCUT2D eigenvalue weighted by molar-refractivity contribution is -0.135. The molecule has 1 rings (SSSR count). The highest BCUT2D eigenvalue weighted by Gasteiger charge is 2.20. The highest BCUT2D eigenvalue weighted by atomic mass is 16.5. The van der Waals surface area contributed by atoms with Crippen LogP contribution in [0.3, 0.4) is 0 Å². The first-order valence-electron chi connectivity index (χ1n) is 7.19. The smallest absolute Gasteiger partial charge is 0.245 e. The van der Waals surface area contributed by atoms with Crippen molar-refractivity contribution in [2.75, 3.05) is 20.8 Å². The first-order valence-corrected chi connectivity index (χ1v) is 7.19. The predicted octanol–water partition coefficient (Wildman–Crippen LogP) is 1.58. The van der Waals surface area contributed by atoms with Crippen LogP contribution in [0.5, 0.6) is 11.5 Å². The number of hydrogen-bond acceptors (Lipinski definition) is 4. The van der Waals surface area contributed by atoms with Crippen molar-refractivity contribution in [3.8, 4) is 11.5 Å². The Kier molecular flexibility index (Phi) is 6.69. The zero-order valence-corrected chi connectivity index (χ0v) is 13.8. The molecule has 1 atom stereocenters. The molecule has 22 heavy (non-hydrogen) atoms. The number of benzene rings is 1. The van der Waals surface area contributed by atoms with Crippen molar-refractivity contribution in [3.05, 3.63) is 23.8 Å². The van der Waals surface area contributed by atoms with Crippen molar-refractivity contribution in [2.24, 2.45) is 0 Å². The molecular formula is C16H24N2O4. The van der Waals surface area contributed by atoms with Gasteiger partial charge < -0.3 is 19.7 Å². The van der Waals surface area contributed by atoms with Crippen LogP contribution in [-0.4, -0.2) is 43.5 Å². The summed E-state index contributed by atoms with van der Waals surface area (Å²) in [6.45, 7) is 5.98. The van der Waals surface area contributed by atoms with E-state index < -0.39 is 6.04 Å². The highest BCUT2D eigenvalue weighted by molar-refractivity contribution is 5.86. The van der Waals surface area contributed by atoms with Gasteiger partial charge in [-0.1, -0.05) is 6.07 Å². The molecular weight excluding hydrogens is 284 g/mol. The fourth-order valence-electron chi connectivity index (χ4n) is 2.19. The lowest BCUT2D eigenvalue weighted by atomic mass is 10.1. The molecule has 0 fully saturated rings. The molecule has 1 unspecified atom stereocenters. The minimum absolute atomic E-state index is 0.118. The lowest BCUT2D eigenvalue weighted by Gasteiger charge is -2.25. The van der Waals surface area contributed by atoms with Crippen molar-refractivity contribution >= 4 is 11.8 Å². The number of carbonyl (C=O) groups excluding carboxylic acids is 2. The summed E-state index contributed by atoms with van der Waals surface area (Å²) in [7, 11) is 3.15. The quantitative estimate of drug-likeness (QED) is 0.830. The van der Waals surface area contributed by atoms with E-state index in [9.17, 15) is 9.59 Å². The summed E-state index contributed by atoms with van der Waals surface area (Å²) >= 11 is 0. The molecule has 0 heterocycles. The molecule has 0 bridgehead atoms. The second-order valence-electron chi connectivity index (χ2n) is 4.96. The number of rotatable bonds is 7. The Morgan fingerprint density at radius 3 is 2.36 bits per heavy atom. The van der Waals surface area contributed by atoms with E-state index in [4.69, 9.17) is 9.47 Å². The van der Waals surface area contributed by atoms with Gasteiger partial charge in [-0.15, -0.1) is 0 Å². The average Bonchev–Trinajstić information content (AvgIpc) is 2.50. The van der Waals surface area contributed by atoms with Gasteiger partial charge in [0.1, 0.15) is 6.04 Å². The van der Waals surface area contributed by atoms with E-state index in [1.807, 2.05) is 25.1 Å². The first-order chi connectivity index (χ1) is 10.4. The Balaban J connectivity index is 2.85. The van der Waals surface area contributed by atoms with E-state index in [-0.39, 0.29) is 11.8 Å². The van der Waals surface area contributed by atoms with Gasteiger partial charge in [-0.2, -0.15) is 0 Å². The standard InChI is InChI=1S/C16H24N2O4/c1-6-18(16(20)11(2)17-12(3)19)10-13-7-8-14(21-4)15(9-13)22-5/h7-9,11H,6,10H2,1-5H3,(H,17,19).